The molecule has 1 saturated heterocycles. The van der Waals surface area contributed by atoms with Gasteiger partial charge in [-0.2, -0.15) is 0 Å². The van der Waals surface area contributed by atoms with Crippen LogP contribution in [0.2, 0.25) is 0 Å². The maximum atomic E-state index is 11.6. The van der Waals surface area contributed by atoms with Crippen molar-refractivity contribution in [1.82, 2.24) is 0 Å². The van der Waals surface area contributed by atoms with E-state index in [1.807, 2.05) is 0 Å². The number of ether oxygens (including phenoxy) is 4. The van der Waals surface area contributed by atoms with Gasteiger partial charge in [0, 0.05) is 11.5 Å². The average molecular weight is 313 g/mol. The van der Waals surface area contributed by atoms with E-state index in [2.05, 4.69) is 10.0 Å². The van der Waals surface area contributed by atoms with Gasteiger partial charge in [0.2, 0.25) is 0 Å². The van der Waals surface area contributed by atoms with Gasteiger partial charge >= 0.3 is 5.97 Å². The number of nitrogens with zero attached hydrogens (tertiary/aromatic N) is 3. The van der Waals surface area contributed by atoms with E-state index in [0.717, 1.165) is 25.9 Å². The summed E-state index contributed by atoms with van der Waals surface area (Å²) in [7, 11) is 1.36. The molecule has 0 aromatic carbocycles. The Bertz CT molecular complexity index is 407. The molecule has 8 heteroatoms. The number of carbonyl (C=O) groups is 1. The number of rotatable bonds is 7. The second kappa shape index (κ2) is 8.95. The molecule has 0 spiro atoms. The third-order valence-corrected chi connectivity index (χ3v) is 4.06. The normalized spacial score (nSPS) is 31.5. The van der Waals surface area contributed by atoms with Gasteiger partial charge in [-0.05, 0) is 37.6 Å². The zero-order chi connectivity index (χ0) is 15.8. The Morgan fingerprint density at radius 3 is 2.82 bits per heavy atom. The first kappa shape index (κ1) is 17.0. The second-order valence-electron chi connectivity index (χ2n) is 5.54. The smallest absolute Gasteiger partial charge is 0.308 e. The molecule has 124 valence electrons. The highest BCUT2D eigenvalue weighted by Crippen LogP contribution is 2.31. The zero-order valence-electron chi connectivity index (χ0n) is 12.8. The number of azide groups is 1. The quantitative estimate of drug-likeness (QED) is 0.235. The lowest BCUT2D eigenvalue weighted by Gasteiger charge is -2.23. The van der Waals surface area contributed by atoms with Crippen LogP contribution in [-0.2, 0) is 23.7 Å². The van der Waals surface area contributed by atoms with E-state index < -0.39 is 0 Å². The fraction of sp³-hybridized carbons (Fsp3) is 0.929. The van der Waals surface area contributed by atoms with Crippen LogP contribution in [-0.4, -0.2) is 51.3 Å². The molecule has 0 aromatic heterocycles. The van der Waals surface area contributed by atoms with Crippen LogP contribution in [0.4, 0.5) is 0 Å². The molecule has 2 unspecified atom stereocenters. The monoisotopic (exact) mass is 313 g/mol. The summed E-state index contributed by atoms with van der Waals surface area (Å²) in [4.78, 5) is 14.4. The molecule has 1 aliphatic heterocycles. The van der Waals surface area contributed by atoms with E-state index in [1.54, 1.807) is 0 Å². The first-order chi connectivity index (χ1) is 10.7. The van der Waals surface area contributed by atoms with E-state index in [1.165, 1.54) is 7.11 Å². The Kier molecular flexibility index (Phi) is 6.92. The Morgan fingerprint density at radius 1 is 1.32 bits per heavy atom. The van der Waals surface area contributed by atoms with Crippen molar-refractivity contribution in [3.63, 3.8) is 0 Å². The summed E-state index contributed by atoms with van der Waals surface area (Å²) in [5.74, 6) is -0.552. The van der Waals surface area contributed by atoms with Crippen molar-refractivity contribution in [2.24, 2.45) is 11.0 Å². The number of methoxy groups -OCH3 is 1. The van der Waals surface area contributed by atoms with E-state index in [-0.39, 0.29) is 30.3 Å². The van der Waals surface area contributed by atoms with Crippen molar-refractivity contribution in [3.05, 3.63) is 10.4 Å². The summed E-state index contributed by atoms with van der Waals surface area (Å²) in [6.45, 7) is 1.55. The predicted molar refractivity (Wildman–Crippen MR) is 77.0 cm³/mol. The molecule has 4 atom stereocenters. The maximum absolute atomic E-state index is 11.6. The minimum Gasteiger partial charge on any atom is -0.469 e. The first-order valence-electron chi connectivity index (χ1n) is 7.71. The highest BCUT2D eigenvalue weighted by Gasteiger charge is 2.38. The highest BCUT2D eigenvalue weighted by molar-refractivity contribution is 5.72. The van der Waals surface area contributed by atoms with Gasteiger partial charge in [0.15, 0.2) is 6.29 Å². The van der Waals surface area contributed by atoms with Crippen molar-refractivity contribution in [2.45, 2.75) is 50.5 Å². The van der Waals surface area contributed by atoms with Crippen molar-refractivity contribution >= 4 is 5.97 Å². The third kappa shape index (κ3) is 4.84. The molecule has 22 heavy (non-hydrogen) atoms. The molecule has 1 heterocycles. The van der Waals surface area contributed by atoms with Gasteiger partial charge in [-0.3, -0.25) is 4.79 Å². The molecule has 0 aromatic rings. The zero-order valence-corrected chi connectivity index (χ0v) is 12.8. The van der Waals surface area contributed by atoms with Crippen LogP contribution >= 0.6 is 0 Å². The molecule has 2 aliphatic rings. The van der Waals surface area contributed by atoms with Crippen molar-refractivity contribution in [1.29, 1.82) is 0 Å². The molecule has 0 N–H and O–H groups in total. The standard InChI is InChI=1S/C14H23N3O5/c1-19-14(18)10-8-11(16-17-15)12(9-10)20-6-7-22-13-4-2-3-5-21-13/h10-13H,2-9H2,1H3/t10-,11?,12-,13?/m0/s1. The molecule has 2 rings (SSSR count). The summed E-state index contributed by atoms with van der Waals surface area (Å²) in [5.41, 5.74) is 8.61. The minimum atomic E-state index is -0.333. The van der Waals surface area contributed by atoms with Crippen LogP contribution in [0.25, 0.3) is 10.4 Å². The Morgan fingerprint density at radius 2 is 2.14 bits per heavy atom. The van der Waals surface area contributed by atoms with Crippen molar-refractivity contribution in [2.75, 3.05) is 26.9 Å². The predicted octanol–water partition coefficient (Wildman–Crippen LogP) is 2.18. The van der Waals surface area contributed by atoms with Gasteiger partial charge in [-0.25, -0.2) is 0 Å². The summed E-state index contributed by atoms with van der Waals surface area (Å²) in [5, 5.41) is 3.72. The van der Waals surface area contributed by atoms with Gasteiger partial charge in [0.05, 0.1) is 38.4 Å². The fourth-order valence-corrected chi connectivity index (χ4v) is 2.92. The molecular formula is C14H23N3O5. The molecule has 0 radical (unpaired) electrons. The number of hydrogen-bond acceptors (Lipinski definition) is 6. The minimum absolute atomic E-state index is 0.142. The van der Waals surface area contributed by atoms with Gasteiger partial charge in [0.1, 0.15) is 0 Å². The van der Waals surface area contributed by atoms with Crippen LogP contribution in [0, 0.1) is 5.92 Å². The van der Waals surface area contributed by atoms with Crippen LogP contribution in [0.3, 0.4) is 0 Å². The molecule has 1 saturated carbocycles. The first-order valence-corrected chi connectivity index (χ1v) is 7.71. The summed E-state index contributed by atoms with van der Waals surface area (Å²) in [6.07, 6.45) is 3.68. The van der Waals surface area contributed by atoms with Crippen molar-refractivity contribution in [3.8, 4) is 0 Å². The molecular weight excluding hydrogens is 290 g/mol. The van der Waals surface area contributed by atoms with E-state index in [4.69, 9.17) is 24.5 Å². The lowest BCUT2D eigenvalue weighted by Crippen LogP contribution is -2.27. The van der Waals surface area contributed by atoms with E-state index >= 15 is 0 Å². The van der Waals surface area contributed by atoms with Gasteiger partial charge < -0.3 is 18.9 Å². The second-order valence-corrected chi connectivity index (χ2v) is 5.54. The SMILES string of the molecule is COC(=O)[C@H]1CC(N=[N+]=[N-])[C@@H](OCCOC2CCCCO2)C1. The van der Waals surface area contributed by atoms with Gasteiger partial charge in [-0.15, -0.1) is 0 Å². The molecule has 8 nitrogen and oxygen atoms in total. The summed E-state index contributed by atoms with van der Waals surface area (Å²) < 4.78 is 21.5. The van der Waals surface area contributed by atoms with Crippen LogP contribution in [0.1, 0.15) is 32.1 Å². The lowest BCUT2D eigenvalue weighted by molar-refractivity contribution is -0.171. The molecule has 1 aliphatic carbocycles. The van der Waals surface area contributed by atoms with Crippen LogP contribution in [0.15, 0.2) is 5.11 Å². The molecule has 0 amide bonds. The molecule has 0 bridgehead atoms. The maximum Gasteiger partial charge on any atom is 0.308 e. The number of hydrogen-bond donors (Lipinski definition) is 0. The third-order valence-electron chi connectivity index (χ3n) is 4.06. The summed E-state index contributed by atoms with van der Waals surface area (Å²) >= 11 is 0. The van der Waals surface area contributed by atoms with Gasteiger partial charge in [-0.1, -0.05) is 5.11 Å². The van der Waals surface area contributed by atoms with E-state index in [0.29, 0.717) is 26.1 Å². The Labute approximate surface area is 129 Å². The summed E-state index contributed by atoms with van der Waals surface area (Å²) in [6, 6.07) is -0.333. The van der Waals surface area contributed by atoms with Crippen LogP contribution < -0.4 is 0 Å². The van der Waals surface area contributed by atoms with Crippen LogP contribution in [0.5, 0.6) is 0 Å². The Balaban J connectivity index is 1.72. The topological polar surface area (TPSA) is 103 Å². The van der Waals surface area contributed by atoms with Crippen molar-refractivity contribution < 1.29 is 23.7 Å². The van der Waals surface area contributed by atoms with Gasteiger partial charge in [0.25, 0.3) is 0 Å². The molecule has 2 fully saturated rings. The number of carbonyl (C=O) groups excluding carboxylic acids is 1. The average Bonchev–Trinajstić information content (AvgIpc) is 2.95. The Hall–Kier alpha value is -1.34. The number of esters is 1. The highest BCUT2D eigenvalue weighted by atomic mass is 16.7. The largest absolute Gasteiger partial charge is 0.469 e. The fourth-order valence-electron chi connectivity index (χ4n) is 2.92. The van der Waals surface area contributed by atoms with E-state index in [9.17, 15) is 4.79 Å². The lowest BCUT2D eigenvalue weighted by atomic mass is 10.1.